The number of rotatable bonds is 4. The number of benzene rings is 1. The van der Waals surface area contributed by atoms with Crippen LogP contribution < -0.4 is 0 Å². The van der Waals surface area contributed by atoms with E-state index in [9.17, 15) is 9.59 Å². The number of carboxylic acid groups (broad SMARTS) is 1. The molecule has 0 saturated carbocycles. The fourth-order valence-electron chi connectivity index (χ4n) is 2.06. The molecular weight excluding hydrogens is 218 g/mol. The third-order valence-electron chi connectivity index (χ3n) is 3.08. The van der Waals surface area contributed by atoms with Crippen molar-refractivity contribution in [1.82, 2.24) is 4.90 Å². The average Bonchev–Trinajstić information content (AvgIpc) is 2.70. The van der Waals surface area contributed by atoms with Crippen LogP contribution in [0.5, 0.6) is 0 Å². The summed E-state index contributed by atoms with van der Waals surface area (Å²) in [5, 5.41) is 8.86. The standard InChI is InChI=1S/C13H15NO3/c15-12-8-11(13(16)17)9-14(12)7-6-10-4-2-1-3-5-10/h1-5,11H,6-9H2,(H,16,17)/t11-/m0/s1. The molecule has 2 rings (SSSR count). The van der Waals surface area contributed by atoms with E-state index in [4.69, 9.17) is 5.11 Å². The van der Waals surface area contributed by atoms with Gasteiger partial charge >= 0.3 is 5.97 Å². The third-order valence-corrected chi connectivity index (χ3v) is 3.08. The summed E-state index contributed by atoms with van der Waals surface area (Å²) in [7, 11) is 0. The molecule has 90 valence electrons. The van der Waals surface area contributed by atoms with Crippen LogP contribution in [0.25, 0.3) is 0 Å². The first-order valence-electron chi connectivity index (χ1n) is 5.71. The van der Waals surface area contributed by atoms with Gasteiger partial charge in [-0.25, -0.2) is 0 Å². The fraction of sp³-hybridized carbons (Fsp3) is 0.385. The molecule has 0 unspecified atom stereocenters. The lowest BCUT2D eigenvalue weighted by molar-refractivity contribution is -0.141. The summed E-state index contributed by atoms with van der Waals surface area (Å²) in [4.78, 5) is 24.0. The molecule has 1 saturated heterocycles. The summed E-state index contributed by atoms with van der Waals surface area (Å²) in [6, 6.07) is 9.89. The Labute approximate surface area is 99.9 Å². The number of aliphatic carboxylic acids is 1. The van der Waals surface area contributed by atoms with Crippen molar-refractivity contribution in [1.29, 1.82) is 0 Å². The Kier molecular flexibility index (Phi) is 3.42. The van der Waals surface area contributed by atoms with Crippen molar-refractivity contribution in [3.63, 3.8) is 0 Å². The molecule has 4 heteroatoms. The molecule has 0 bridgehead atoms. The van der Waals surface area contributed by atoms with E-state index in [2.05, 4.69) is 0 Å². The minimum Gasteiger partial charge on any atom is -0.481 e. The van der Waals surface area contributed by atoms with Crippen molar-refractivity contribution in [2.24, 2.45) is 5.92 Å². The van der Waals surface area contributed by atoms with Crippen molar-refractivity contribution in [2.45, 2.75) is 12.8 Å². The zero-order valence-corrected chi connectivity index (χ0v) is 9.50. The smallest absolute Gasteiger partial charge is 0.308 e. The molecule has 17 heavy (non-hydrogen) atoms. The lowest BCUT2D eigenvalue weighted by atomic mass is 10.1. The first-order chi connectivity index (χ1) is 8.16. The van der Waals surface area contributed by atoms with Gasteiger partial charge in [-0.2, -0.15) is 0 Å². The van der Waals surface area contributed by atoms with Crippen molar-refractivity contribution < 1.29 is 14.7 Å². The van der Waals surface area contributed by atoms with E-state index in [0.717, 1.165) is 6.42 Å². The highest BCUT2D eigenvalue weighted by Gasteiger charge is 2.33. The molecule has 1 atom stereocenters. The van der Waals surface area contributed by atoms with Crippen LogP contribution in [0, 0.1) is 5.92 Å². The molecule has 0 radical (unpaired) electrons. The van der Waals surface area contributed by atoms with Gasteiger partial charge in [-0.1, -0.05) is 30.3 Å². The lowest BCUT2D eigenvalue weighted by Crippen LogP contribution is -2.28. The highest BCUT2D eigenvalue weighted by Crippen LogP contribution is 2.18. The predicted octanol–water partition coefficient (Wildman–Crippen LogP) is 1.16. The van der Waals surface area contributed by atoms with Gasteiger partial charge in [0.25, 0.3) is 0 Å². The fourth-order valence-corrected chi connectivity index (χ4v) is 2.06. The minimum atomic E-state index is -0.874. The quantitative estimate of drug-likeness (QED) is 0.849. The molecular formula is C13H15NO3. The topological polar surface area (TPSA) is 57.6 Å². The van der Waals surface area contributed by atoms with Crippen molar-refractivity contribution in [3.8, 4) is 0 Å². The number of nitrogens with zero attached hydrogens (tertiary/aromatic N) is 1. The second-order valence-electron chi connectivity index (χ2n) is 4.31. The molecule has 1 aliphatic heterocycles. The van der Waals surface area contributed by atoms with Crippen LogP contribution in [0.4, 0.5) is 0 Å². The van der Waals surface area contributed by atoms with Gasteiger partial charge < -0.3 is 10.0 Å². The van der Waals surface area contributed by atoms with Crippen LogP contribution in [-0.4, -0.2) is 35.0 Å². The van der Waals surface area contributed by atoms with Crippen LogP contribution >= 0.6 is 0 Å². The van der Waals surface area contributed by atoms with Gasteiger partial charge in [0.1, 0.15) is 0 Å². The molecule has 0 aliphatic carbocycles. The van der Waals surface area contributed by atoms with Crippen LogP contribution in [0.2, 0.25) is 0 Å². The molecule has 0 aromatic heterocycles. The van der Waals surface area contributed by atoms with E-state index in [1.807, 2.05) is 30.3 Å². The van der Waals surface area contributed by atoms with Crippen molar-refractivity contribution in [3.05, 3.63) is 35.9 Å². The molecule has 1 heterocycles. The first-order valence-corrected chi connectivity index (χ1v) is 5.71. The third kappa shape index (κ3) is 2.84. The summed E-state index contributed by atoms with van der Waals surface area (Å²) in [6.07, 6.45) is 0.920. The molecule has 1 aromatic carbocycles. The van der Waals surface area contributed by atoms with E-state index in [1.165, 1.54) is 5.56 Å². The van der Waals surface area contributed by atoms with Crippen LogP contribution in [-0.2, 0) is 16.0 Å². The summed E-state index contributed by atoms with van der Waals surface area (Å²) >= 11 is 0. The molecule has 1 amide bonds. The van der Waals surface area contributed by atoms with E-state index >= 15 is 0 Å². The Morgan fingerprint density at radius 1 is 1.35 bits per heavy atom. The Balaban J connectivity index is 1.88. The van der Waals surface area contributed by atoms with Crippen molar-refractivity contribution >= 4 is 11.9 Å². The monoisotopic (exact) mass is 233 g/mol. The van der Waals surface area contributed by atoms with Crippen LogP contribution in [0.1, 0.15) is 12.0 Å². The lowest BCUT2D eigenvalue weighted by Gasteiger charge is -2.15. The molecule has 1 fully saturated rings. The van der Waals surface area contributed by atoms with E-state index < -0.39 is 11.9 Å². The normalized spacial score (nSPS) is 19.6. The number of carbonyl (C=O) groups excluding carboxylic acids is 1. The number of amides is 1. The Morgan fingerprint density at radius 2 is 2.06 bits per heavy atom. The summed E-state index contributed by atoms with van der Waals surface area (Å²) in [6.45, 7) is 0.952. The SMILES string of the molecule is O=C(O)[C@H]1CC(=O)N(CCc2ccccc2)C1. The minimum absolute atomic E-state index is 0.0478. The highest BCUT2D eigenvalue weighted by molar-refractivity contribution is 5.86. The largest absolute Gasteiger partial charge is 0.481 e. The molecule has 0 spiro atoms. The van der Waals surface area contributed by atoms with Gasteiger partial charge in [0.05, 0.1) is 5.92 Å². The second-order valence-corrected chi connectivity index (χ2v) is 4.31. The number of hydrogen-bond donors (Lipinski definition) is 1. The second kappa shape index (κ2) is 4.99. The van der Waals surface area contributed by atoms with Gasteiger partial charge in [0.2, 0.25) is 5.91 Å². The zero-order valence-electron chi connectivity index (χ0n) is 9.50. The number of likely N-dealkylation sites (tertiary alicyclic amines) is 1. The number of carbonyl (C=O) groups is 2. The molecule has 1 N–H and O–H groups in total. The number of carboxylic acids is 1. The maximum Gasteiger partial charge on any atom is 0.308 e. The maximum atomic E-state index is 11.6. The molecule has 1 aliphatic rings. The summed E-state index contributed by atoms with van der Waals surface area (Å²) in [5.41, 5.74) is 1.17. The maximum absolute atomic E-state index is 11.6. The number of hydrogen-bond acceptors (Lipinski definition) is 2. The zero-order chi connectivity index (χ0) is 12.3. The predicted molar refractivity (Wildman–Crippen MR) is 62.5 cm³/mol. The summed E-state index contributed by atoms with van der Waals surface area (Å²) in [5.74, 6) is -1.45. The van der Waals surface area contributed by atoms with Gasteiger partial charge in [0.15, 0.2) is 0 Å². The van der Waals surface area contributed by atoms with E-state index in [1.54, 1.807) is 4.90 Å². The summed E-state index contributed by atoms with van der Waals surface area (Å²) < 4.78 is 0. The first kappa shape index (κ1) is 11.6. The Morgan fingerprint density at radius 3 is 2.65 bits per heavy atom. The van der Waals surface area contributed by atoms with Gasteiger partial charge in [-0.3, -0.25) is 9.59 Å². The molecule has 1 aromatic rings. The van der Waals surface area contributed by atoms with Crippen LogP contribution in [0.15, 0.2) is 30.3 Å². The van der Waals surface area contributed by atoms with Gasteiger partial charge in [-0.15, -0.1) is 0 Å². The van der Waals surface area contributed by atoms with E-state index in [-0.39, 0.29) is 12.3 Å². The van der Waals surface area contributed by atoms with Gasteiger partial charge in [0, 0.05) is 19.5 Å². The highest BCUT2D eigenvalue weighted by atomic mass is 16.4. The Hall–Kier alpha value is -1.84. The van der Waals surface area contributed by atoms with Crippen molar-refractivity contribution in [2.75, 3.05) is 13.1 Å². The van der Waals surface area contributed by atoms with E-state index in [0.29, 0.717) is 13.1 Å². The molecule has 4 nitrogen and oxygen atoms in total. The van der Waals surface area contributed by atoms with Crippen LogP contribution in [0.3, 0.4) is 0 Å². The van der Waals surface area contributed by atoms with Gasteiger partial charge in [-0.05, 0) is 12.0 Å². The Bertz CT molecular complexity index is 416. The average molecular weight is 233 g/mol.